The molecule has 0 radical (unpaired) electrons. The number of ether oxygens (including phenoxy) is 1. The molecule has 6 nitrogen and oxygen atoms in total. The predicted octanol–water partition coefficient (Wildman–Crippen LogP) is 3.64. The molecule has 3 rings (SSSR count). The topological polar surface area (TPSA) is 75.7 Å². The highest BCUT2D eigenvalue weighted by Crippen LogP contribution is 2.23. The van der Waals surface area contributed by atoms with Crippen molar-refractivity contribution >= 4 is 37.5 Å². The number of rotatable bonds is 4. The Hall–Kier alpha value is -1.81. The predicted molar refractivity (Wildman–Crippen MR) is 107 cm³/mol. The summed E-state index contributed by atoms with van der Waals surface area (Å²) in [4.78, 5) is 12.4. The maximum Gasteiger partial charge on any atom is 0.258 e. The van der Waals surface area contributed by atoms with Gasteiger partial charge in [-0.2, -0.15) is 4.31 Å². The molecule has 1 N–H and O–H groups in total. The lowest BCUT2D eigenvalue weighted by Gasteiger charge is -2.34. The zero-order valence-corrected chi connectivity index (χ0v) is 17.8. The lowest BCUT2D eigenvalue weighted by Crippen LogP contribution is -2.48. The second kappa shape index (κ2) is 8.28. The number of nitrogens with one attached hydrogen (secondary N) is 1. The van der Waals surface area contributed by atoms with Gasteiger partial charge in [-0.05, 0) is 56.3 Å². The van der Waals surface area contributed by atoms with Crippen molar-refractivity contribution < 1.29 is 22.3 Å². The minimum absolute atomic E-state index is 0.109. The molecule has 1 aliphatic heterocycles. The summed E-state index contributed by atoms with van der Waals surface area (Å²) in [5, 5.41) is 2.57. The van der Waals surface area contributed by atoms with Gasteiger partial charge in [-0.3, -0.25) is 4.79 Å². The van der Waals surface area contributed by atoms with Crippen LogP contribution in [-0.4, -0.2) is 43.9 Å². The molecule has 0 aliphatic carbocycles. The number of hydrogen-bond donors (Lipinski definition) is 1. The smallest absolute Gasteiger partial charge is 0.258 e. The van der Waals surface area contributed by atoms with Crippen molar-refractivity contribution in [2.75, 3.05) is 18.4 Å². The molecular weight excluding hydrogens is 451 g/mol. The van der Waals surface area contributed by atoms with E-state index >= 15 is 0 Å². The molecule has 2 unspecified atom stereocenters. The van der Waals surface area contributed by atoms with Crippen molar-refractivity contribution in [1.29, 1.82) is 0 Å². The Morgan fingerprint density at radius 2 is 1.75 bits per heavy atom. The lowest BCUT2D eigenvalue weighted by molar-refractivity contribution is -0.0440. The van der Waals surface area contributed by atoms with E-state index < -0.39 is 21.7 Å². The van der Waals surface area contributed by atoms with Crippen LogP contribution in [0.2, 0.25) is 0 Å². The largest absolute Gasteiger partial charge is 0.373 e. The van der Waals surface area contributed by atoms with Gasteiger partial charge in [0.2, 0.25) is 10.0 Å². The van der Waals surface area contributed by atoms with E-state index in [-0.39, 0.29) is 35.8 Å². The van der Waals surface area contributed by atoms with Crippen molar-refractivity contribution in [3.8, 4) is 0 Å². The van der Waals surface area contributed by atoms with Crippen molar-refractivity contribution in [2.45, 2.75) is 31.0 Å². The number of morpholine rings is 1. The van der Waals surface area contributed by atoms with Gasteiger partial charge in [0.15, 0.2) is 0 Å². The van der Waals surface area contributed by atoms with Crippen molar-refractivity contribution in [3.05, 3.63) is 58.3 Å². The van der Waals surface area contributed by atoms with Gasteiger partial charge in [-0.1, -0.05) is 15.9 Å². The van der Waals surface area contributed by atoms with Crippen molar-refractivity contribution in [2.24, 2.45) is 0 Å². The van der Waals surface area contributed by atoms with Crippen molar-refractivity contribution in [3.63, 3.8) is 0 Å². The van der Waals surface area contributed by atoms with Crippen LogP contribution in [-0.2, 0) is 14.8 Å². The van der Waals surface area contributed by atoms with Crippen LogP contribution in [0.5, 0.6) is 0 Å². The van der Waals surface area contributed by atoms with Crippen LogP contribution in [0.4, 0.5) is 10.1 Å². The number of amides is 1. The molecule has 1 amide bonds. The van der Waals surface area contributed by atoms with E-state index in [4.69, 9.17) is 4.74 Å². The molecule has 1 fully saturated rings. The van der Waals surface area contributed by atoms with E-state index in [1.165, 1.54) is 46.8 Å². The first-order valence-corrected chi connectivity index (χ1v) is 10.9. The summed E-state index contributed by atoms with van der Waals surface area (Å²) in [6.07, 6.45) is -0.366. The number of sulfonamides is 1. The Labute approximate surface area is 171 Å². The Morgan fingerprint density at radius 1 is 1.14 bits per heavy atom. The summed E-state index contributed by atoms with van der Waals surface area (Å²) in [6.45, 7) is 4.23. The average Bonchev–Trinajstić information content (AvgIpc) is 2.63. The molecule has 0 bridgehead atoms. The first kappa shape index (κ1) is 20.9. The Balaban J connectivity index is 1.76. The van der Waals surface area contributed by atoms with Gasteiger partial charge in [-0.15, -0.1) is 0 Å². The number of halogens is 2. The Morgan fingerprint density at radius 3 is 2.36 bits per heavy atom. The molecule has 9 heteroatoms. The number of hydrogen-bond acceptors (Lipinski definition) is 4. The fourth-order valence-corrected chi connectivity index (χ4v) is 5.01. The highest BCUT2D eigenvalue weighted by molar-refractivity contribution is 9.10. The number of carbonyl (C=O) groups is 1. The lowest BCUT2D eigenvalue weighted by atomic mass is 10.2. The van der Waals surface area contributed by atoms with Gasteiger partial charge in [0.25, 0.3) is 5.91 Å². The fourth-order valence-electron chi connectivity index (χ4n) is 3.06. The van der Waals surface area contributed by atoms with E-state index in [0.717, 1.165) is 0 Å². The maximum absolute atomic E-state index is 13.8. The molecule has 2 aromatic rings. The number of nitrogens with zero attached hydrogens (tertiary/aromatic N) is 1. The molecule has 1 saturated heterocycles. The zero-order chi connectivity index (χ0) is 20.5. The third-order valence-corrected chi connectivity index (χ3v) is 6.65. The van der Waals surface area contributed by atoms with Crippen LogP contribution in [0.1, 0.15) is 24.2 Å². The van der Waals surface area contributed by atoms with Crippen LogP contribution in [0.3, 0.4) is 0 Å². The third kappa shape index (κ3) is 4.60. The van der Waals surface area contributed by atoms with Gasteiger partial charge >= 0.3 is 0 Å². The monoisotopic (exact) mass is 470 g/mol. The van der Waals surface area contributed by atoms with Crippen LogP contribution >= 0.6 is 15.9 Å². The van der Waals surface area contributed by atoms with Crippen LogP contribution in [0, 0.1) is 5.82 Å². The van der Waals surface area contributed by atoms with Crippen LogP contribution < -0.4 is 5.32 Å². The second-order valence-corrected chi connectivity index (χ2v) is 9.54. The van der Waals surface area contributed by atoms with Crippen LogP contribution in [0.25, 0.3) is 0 Å². The molecule has 2 aromatic carbocycles. The summed E-state index contributed by atoms with van der Waals surface area (Å²) >= 11 is 3.20. The minimum atomic E-state index is -3.66. The summed E-state index contributed by atoms with van der Waals surface area (Å²) < 4.78 is 47.1. The molecule has 0 saturated carbocycles. The molecular formula is C19H20BrFN2O4S. The quantitative estimate of drug-likeness (QED) is 0.739. The van der Waals surface area contributed by atoms with E-state index in [2.05, 4.69) is 21.2 Å². The first-order valence-electron chi connectivity index (χ1n) is 8.69. The Kier molecular flexibility index (Phi) is 6.18. The molecule has 1 heterocycles. The number of benzene rings is 2. The van der Waals surface area contributed by atoms with Gasteiger partial charge in [0.1, 0.15) is 5.82 Å². The van der Waals surface area contributed by atoms with Crippen molar-refractivity contribution in [1.82, 2.24) is 4.31 Å². The highest BCUT2D eigenvalue weighted by Gasteiger charge is 2.32. The molecule has 1 aliphatic rings. The molecule has 28 heavy (non-hydrogen) atoms. The van der Waals surface area contributed by atoms with Gasteiger partial charge in [0.05, 0.1) is 22.7 Å². The summed E-state index contributed by atoms with van der Waals surface area (Å²) in [6, 6.07) is 9.88. The third-order valence-electron chi connectivity index (χ3n) is 4.31. The SMILES string of the molecule is CC1CN(S(=O)(=O)c2ccc(NC(=O)c3cc(Br)ccc3F)cc2)CC(C)O1. The molecule has 0 spiro atoms. The number of carbonyl (C=O) groups excluding carboxylic acids is 1. The fraction of sp³-hybridized carbons (Fsp3) is 0.316. The van der Waals surface area contributed by atoms with Gasteiger partial charge in [0, 0.05) is 23.2 Å². The van der Waals surface area contributed by atoms with E-state index in [1.807, 2.05) is 13.8 Å². The van der Waals surface area contributed by atoms with E-state index in [1.54, 1.807) is 0 Å². The summed E-state index contributed by atoms with van der Waals surface area (Å²) in [7, 11) is -3.66. The Bertz CT molecular complexity index is 972. The normalized spacial score (nSPS) is 20.7. The summed E-state index contributed by atoms with van der Waals surface area (Å²) in [5.41, 5.74) is 0.259. The second-order valence-electron chi connectivity index (χ2n) is 6.68. The average molecular weight is 471 g/mol. The molecule has 0 aromatic heterocycles. The highest BCUT2D eigenvalue weighted by atomic mass is 79.9. The summed E-state index contributed by atoms with van der Waals surface area (Å²) in [5.74, 6) is -1.26. The van der Waals surface area contributed by atoms with Gasteiger partial charge in [-0.25, -0.2) is 12.8 Å². The van der Waals surface area contributed by atoms with Gasteiger partial charge < -0.3 is 10.1 Å². The van der Waals surface area contributed by atoms with Crippen LogP contribution in [0.15, 0.2) is 51.8 Å². The number of anilines is 1. The maximum atomic E-state index is 13.8. The van der Waals surface area contributed by atoms with E-state index in [9.17, 15) is 17.6 Å². The van der Waals surface area contributed by atoms with E-state index in [0.29, 0.717) is 10.2 Å². The molecule has 150 valence electrons. The first-order chi connectivity index (χ1) is 13.2. The standard InChI is InChI=1S/C19H20BrFN2O4S/c1-12-10-23(11-13(2)27-12)28(25,26)16-6-4-15(5-7-16)22-19(24)17-9-14(20)3-8-18(17)21/h3-9,12-13H,10-11H2,1-2H3,(H,22,24). The zero-order valence-electron chi connectivity index (χ0n) is 15.4. The molecule has 2 atom stereocenters. The minimum Gasteiger partial charge on any atom is -0.373 e.